The van der Waals surface area contributed by atoms with Crippen LogP contribution in [0.2, 0.25) is 0 Å². The zero-order chi connectivity index (χ0) is 23.2. The number of ether oxygens (including phenoxy) is 2. The molecule has 0 bridgehead atoms. The molecule has 0 spiro atoms. The van der Waals surface area contributed by atoms with Gasteiger partial charge in [0.05, 0.1) is 17.0 Å². The molecule has 8 nitrogen and oxygen atoms in total. The van der Waals surface area contributed by atoms with Crippen molar-refractivity contribution in [3.8, 4) is 11.5 Å². The molecule has 0 radical (unpaired) electrons. The monoisotopic (exact) mass is 463 g/mol. The van der Waals surface area contributed by atoms with E-state index in [1.54, 1.807) is 54.6 Å². The van der Waals surface area contributed by atoms with Gasteiger partial charge in [-0.15, -0.1) is 11.8 Å². The van der Waals surface area contributed by atoms with Gasteiger partial charge in [0.2, 0.25) is 18.6 Å². The van der Waals surface area contributed by atoms with Crippen molar-refractivity contribution in [3.05, 3.63) is 72.3 Å². The Balaban J connectivity index is 1.36. The molecule has 168 valence electrons. The number of amides is 3. The van der Waals surface area contributed by atoms with Gasteiger partial charge in [-0.1, -0.05) is 12.1 Å². The predicted octanol–water partition coefficient (Wildman–Crippen LogP) is 4.36. The lowest BCUT2D eigenvalue weighted by molar-refractivity contribution is -0.114. The van der Waals surface area contributed by atoms with Crippen LogP contribution in [0, 0.1) is 0 Å². The second kappa shape index (κ2) is 10.1. The summed E-state index contributed by atoms with van der Waals surface area (Å²) < 4.78 is 10.6. The Labute approximate surface area is 194 Å². The van der Waals surface area contributed by atoms with E-state index in [9.17, 15) is 14.4 Å². The Morgan fingerprint density at radius 2 is 1.58 bits per heavy atom. The smallest absolute Gasteiger partial charge is 0.257 e. The van der Waals surface area contributed by atoms with Gasteiger partial charge >= 0.3 is 0 Å². The van der Waals surface area contributed by atoms with Gasteiger partial charge in [-0.05, 0) is 48.5 Å². The van der Waals surface area contributed by atoms with Crippen LogP contribution in [0.15, 0.2) is 71.6 Å². The van der Waals surface area contributed by atoms with Gasteiger partial charge in [-0.3, -0.25) is 14.4 Å². The molecule has 1 heterocycles. The van der Waals surface area contributed by atoms with Crippen molar-refractivity contribution >= 4 is 46.5 Å². The zero-order valence-electron chi connectivity index (χ0n) is 17.7. The number of hydrogen-bond acceptors (Lipinski definition) is 6. The van der Waals surface area contributed by atoms with Crippen LogP contribution in [0.5, 0.6) is 11.5 Å². The quantitative estimate of drug-likeness (QED) is 0.450. The van der Waals surface area contributed by atoms with Gasteiger partial charge in [0.25, 0.3) is 5.91 Å². The van der Waals surface area contributed by atoms with Crippen molar-refractivity contribution in [2.75, 3.05) is 28.5 Å². The van der Waals surface area contributed by atoms with Crippen LogP contribution >= 0.6 is 11.8 Å². The van der Waals surface area contributed by atoms with E-state index in [0.717, 1.165) is 4.90 Å². The number of carbonyl (C=O) groups excluding carboxylic acids is 3. The number of fused-ring (bicyclic) bond motifs is 1. The predicted molar refractivity (Wildman–Crippen MR) is 127 cm³/mol. The van der Waals surface area contributed by atoms with Crippen molar-refractivity contribution in [2.24, 2.45) is 0 Å². The third kappa shape index (κ3) is 5.83. The molecule has 0 unspecified atom stereocenters. The first-order chi connectivity index (χ1) is 16.0. The Morgan fingerprint density at radius 1 is 0.848 bits per heavy atom. The van der Waals surface area contributed by atoms with E-state index < -0.39 is 0 Å². The number of thioether (sulfide) groups is 1. The molecule has 0 aliphatic carbocycles. The molecule has 3 amide bonds. The first-order valence-corrected chi connectivity index (χ1v) is 11.1. The molecule has 3 N–H and O–H groups in total. The van der Waals surface area contributed by atoms with Crippen LogP contribution in [0.25, 0.3) is 0 Å². The number of para-hydroxylation sites is 1. The van der Waals surface area contributed by atoms with Gasteiger partial charge in [0.1, 0.15) is 0 Å². The van der Waals surface area contributed by atoms with Gasteiger partial charge in [-0.25, -0.2) is 0 Å². The summed E-state index contributed by atoms with van der Waals surface area (Å²) in [4.78, 5) is 37.3. The number of anilines is 3. The minimum atomic E-state index is -0.356. The summed E-state index contributed by atoms with van der Waals surface area (Å²) in [5, 5.41) is 8.32. The Bertz CT molecular complexity index is 1200. The summed E-state index contributed by atoms with van der Waals surface area (Å²) in [7, 11) is 0. The number of hydrogen-bond donors (Lipinski definition) is 3. The second-order valence-corrected chi connectivity index (χ2v) is 8.16. The molecule has 0 fully saturated rings. The Hall–Kier alpha value is -3.98. The number of benzene rings is 3. The van der Waals surface area contributed by atoms with E-state index >= 15 is 0 Å². The lowest BCUT2D eigenvalue weighted by Gasteiger charge is -2.12. The molecule has 0 atom stereocenters. The van der Waals surface area contributed by atoms with Crippen molar-refractivity contribution < 1.29 is 23.9 Å². The molecule has 4 rings (SSSR count). The van der Waals surface area contributed by atoms with E-state index in [1.807, 2.05) is 12.1 Å². The number of rotatable bonds is 7. The van der Waals surface area contributed by atoms with E-state index in [1.165, 1.54) is 18.7 Å². The lowest BCUT2D eigenvalue weighted by Crippen LogP contribution is -2.19. The third-order valence-electron chi connectivity index (χ3n) is 4.62. The SMILES string of the molecule is CC(=O)Nc1ccc(SCC(=O)Nc2ccccc2C(=O)Nc2ccc3c(c2)OCO3)cc1. The molecule has 3 aromatic rings. The van der Waals surface area contributed by atoms with Crippen LogP contribution in [0.1, 0.15) is 17.3 Å². The minimum Gasteiger partial charge on any atom is -0.454 e. The summed E-state index contributed by atoms with van der Waals surface area (Å²) >= 11 is 1.35. The molecule has 0 saturated heterocycles. The molecular weight excluding hydrogens is 442 g/mol. The summed E-state index contributed by atoms with van der Waals surface area (Å²) in [6.07, 6.45) is 0. The first-order valence-electron chi connectivity index (χ1n) is 10.1. The fourth-order valence-electron chi connectivity index (χ4n) is 3.14. The molecular formula is C24H21N3O5S. The maximum absolute atomic E-state index is 12.8. The standard InChI is InChI=1S/C24H21N3O5S/c1-15(28)25-16-6-9-18(10-7-16)33-13-23(29)27-20-5-3-2-4-19(20)24(30)26-17-8-11-21-22(12-17)32-14-31-21/h2-12H,13-14H2,1H3,(H,25,28)(H,26,30)(H,27,29). The van der Waals surface area contributed by atoms with Crippen LogP contribution in [0.4, 0.5) is 17.1 Å². The molecule has 33 heavy (non-hydrogen) atoms. The van der Waals surface area contributed by atoms with Gasteiger partial charge in [0, 0.05) is 29.3 Å². The Kier molecular flexibility index (Phi) is 6.80. The van der Waals surface area contributed by atoms with Crippen LogP contribution in [0.3, 0.4) is 0 Å². The highest BCUT2D eigenvalue weighted by Gasteiger charge is 2.17. The van der Waals surface area contributed by atoms with Crippen LogP contribution in [-0.2, 0) is 9.59 Å². The average molecular weight is 464 g/mol. The number of carbonyl (C=O) groups is 3. The van der Waals surface area contributed by atoms with Crippen LogP contribution < -0.4 is 25.4 Å². The molecule has 1 aliphatic heterocycles. The minimum absolute atomic E-state index is 0.143. The Morgan fingerprint density at radius 3 is 2.36 bits per heavy atom. The normalized spacial score (nSPS) is 11.5. The summed E-state index contributed by atoms with van der Waals surface area (Å²) in [5.41, 5.74) is 2.01. The largest absolute Gasteiger partial charge is 0.454 e. The molecule has 9 heteroatoms. The topological polar surface area (TPSA) is 106 Å². The maximum Gasteiger partial charge on any atom is 0.257 e. The first kappa shape index (κ1) is 22.2. The van der Waals surface area contributed by atoms with Crippen molar-refractivity contribution in [3.63, 3.8) is 0 Å². The zero-order valence-corrected chi connectivity index (χ0v) is 18.5. The highest BCUT2D eigenvalue weighted by molar-refractivity contribution is 8.00. The molecule has 1 aliphatic rings. The van der Waals surface area contributed by atoms with Crippen molar-refractivity contribution in [1.29, 1.82) is 0 Å². The second-order valence-electron chi connectivity index (χ2n) is 7.11. The fourth-order valence-corrected chi connectivity index (χ4v) is 3.83. The molecule has 3 aromatic carbocycles. The highest BCUT2D eigenvalue weighted by atomic mass is 32.2. The van der Waals surface area contributed by atoms with Gasteiger partial charge in [0.15, 0.2) is 11.5 Å². The number of nitrogens with one attached hydrogen (secondary N) is 3. The van der Waals surface area contributed by atoms with Crippen molar-refractivity contribution in [2.45, 2.75) is 11.8 Å². The summed E-state index contributed by atoms with van der Waals surface area (Å²) in [6, 6.07) is 19.2. The van der Waals surface area contributed by atoms with Gasteiger partial charge < -0.3 is 25.4 Å². The fraction of sp³-hybridized carbons (Fsp3) is 0.125. The van der Waals surface area contributed by atoms with E-state index in [-0.39, 0.29) is 30.3 Å². The van der Waals surface area contributed by atoms with Crippen LogP contribution in [-0.4, -0.2) is 30.3 Å². The average Bonchev–Trinajstić information content (AvgIpc) is 3.26. The lowest BCUT2D eigenvalue weighted by atomic mass is 10.1. The van der Waals surface area contributed by atoms with Crippen molar-refractivity contribution in [1.82, 2.24) is 0 Å². The van der Waals surface area contributed by atoms with Gasteiger partial charge in [-0.2, -0.15) is 0 Å². The highest BCUT2D eigenvalue weighted by Crippen LogP contribution is 2.34. The summed E-state index contributed by atoms with van der Waals surface area (Å²) in [5.74, 6) is 0.619. The van der Waals surface area contributed by atoms with E-state index in [4.69, 9.17) is 9.47 Å². The van der Waals surface area contributed by atoms with E-state index in [0.29, 0.717) is 34.1 Å². The van der Waals surface area contributed by atoms with E-state index in [2.05, 4.69) is 16.0 Å². The molecule has 0 saturated carbocycles. The molecule has 0 aromatic heterocycles. The summed E-state index contributed by atoms with van der Waals surface area (Å²) in [6.45, 7) is 1.60. The maximum atomic E-state index is 12.8. The third-order valence-corrected chi connectivity index (χ3v) is 5.63.